The normalized spacial score (nSPS) is 11.4. The molecule has 0 aliphatic heterocycles. The van der Waals surface area contributed by atoms with Crippen molar-refractivity contribution in [2.24, 2.45) is 0 Å². The van der Waals surface area contributed by atoms with E-state index in [-0.39, 0.29) is 5.56 Å². The van der Waals surface area contributed by atoms with Crippen LogP contribution in [0.1, 0.15) is 35.0 Å². The maximum atomic E-state index is 13.1. The lowest BCUT2D eigenvalue weighted by atomic mass is 10.1. The Balaban J connectivity index is 1.38. The first-order valence-electron chi connectivity index (χ1n) is 13.4. The van der Waals surface area contributed by atoms with Crippen molar-refractivity contribution in [2.75, 3.05) is 13.2 Å². The minimum Gasteiger partial charge on any atom is -0.494 e. The Labute approximate surface area is 228 Å². The van der Waals surface area contributed by atoms with Crippen LogP contribution in [0.15, 0.2) is 83.7 Å². The van der Waals surface area contributed by atoms with Gasteiger partial charge in [0.25, 0.3) is 5.56 Å². The molecule has 0 saturated carbocycles. The first kappa shape index (κ1) is 26.3. The Kier molecular flexibility index (Phi) is 8.43. The quantitative estimate of drug-likeness (QED) is 0.255. The molecule has 0 atom stereocenters. The number of benzene rings is 3. The number of aryl methyl sites for hydroxylation is 3. The number of hydrogen-bond acceptors (Lipinski definition) is 6. The summed E-state index contributed by atoms with van der Waals surface area (Å²) in [7, 11) is 0. The van der Waals surface area contributed by atoms with Crippen molar-refractivity contribution in [3.8, 4) is 5.75 Å². The van der Waals surface area contributed by atoms with Crippen molar-refractivity contribution in [2.45, 2.75) is 46.3 Å². The predicted octanol–water partition coefficient (Wildman–Crippen LogP) is 4.71. The van der Waals surface area contributed by atoms with Crippen molar-refractivity contribution >= 4 is 10.9 Å². The Morgan fingerprint density at radius 1 is 0.923 bits per heavy atom. The Hall–Kier alpha value is -4.30. The molecule has 200 valence electrons. The molecule has 0 spiro atoms. The molecule has 8 heteroatoms. The molecule has 5 aromatic rings. The van der Waals surface area contributed by atoms with Gasteiger partial charge in [-0.1, -0.05) is 60.2 Å². The SMILES string of the molecule is CCOc1ccc2[nH]c(=O)c(CN(CCc3cccc(C)c3)Cc3nnnn3CCc3ccccc3)cc2c1. The zero-order valence-electron chi connectivity index (χ0n) is 22.5. The highest BCUT2D eigenvalue weighted by atomic mass is 16.5. The molecule has 0 amide bonds. The van der Waals surface area contributed by atoms with Crippen LogP contribution >= 0.6 is 0 Å². The van der Waals surface area contributed by atoms with Crippen LogP contribution in [0.5, 0.6) is 5.75 Å². The van der Waals surface area contributed by atoms with Crippen LogP contribution in [-0.4, -0.2) is 43.2 Å². The molecule has 0 bridgehead atoms. The average Bonchev–Trinajstić information content (AvgIpc) is 3.38. The molecule has 0 radical (unpaired) electrons. The maximum absolute atomic E-state index is 13.1. The fourth-order valence-corrected chi connectivity index (χ4v) is 4.80. The second-order valence-corrected chi connectivity index (χ2v) is 9.81. The summed E-state index contributed by atoms with van der Waals surface area (Å²) in [6, 6.07) is 26.6. The zero-order chi connectivity index (χ0) is 27.0. The molecule has 1 N–H and O–H groups in total. The van der Waals surface area contributed by atoms with Crippen molar-refractivity contribution in [3.63, 3.8) is 0 Å². The van der Waals surface area contributed by atoms with Crippen LogP contribution < -0.4 is 10.3 Å². The number of ether oxygens (including phenoxy) is 1. The molecule has 0 aliphatic carbocycles. The average molecular weight is 523 g/mol. The number of aromatic amines is 1. The third kappa shape index (κ3) is 6.97. The van der Waals surface area contributed by atoms with Gasteiger partial charge in [0.15, 0.2) is 5.82 Å². The van der Waals surface area contributed by atoms with E-state index in [2.05, 4.69) is 68.7 Å². The van der Waals surface area contributed by atoms with Crippen LogP contribution in [0.4, 0.5) is 0 Å². The van der Waals surface area contributed by atoms with E-state index in [0.717, 1.165) is 41.9 Å². The number of hydrogen-bond donors (Lipinski definition) is 1. The smallest absolute Gasteiger partial charge is 0.252 e. The fraction of sp³-hybridized carbons (Fsp3) is 0.290. The molecule has 39 heavy (non-hydrogen) atoms. The lowest BCUT2D eigenvalue weighted by Crippen LogP contribution is -2.30. The summed E-state index contributed by atoms with van der Waals surface area (Å²) in [6.45, 7) is 7.11. The number of pyridine rings is 1. The number of rotatable bonds is 12. The number of nitrogens with one attached hydrogen (secondary N) is 1. The van der Waals surface area contributed by atoms with Crippen LogP contribution in [0.3, 0.4) is 0 Å². The number of tetrazole rings is 1. The summed E-state index contributed by atoms with van der Waals surface area (Å²) in [5, 5.41) is 13.5. The third-order valence-electron chi connectivity index (χ3n) is 6.82. The highest BCUT2D eigenvalue weighted by Crippen LogP contribution is 2.20. The predicted molar refractivity (Wildman–Crippen MR) is 153 cm³/mol. The monoisotopic (exact) mass is 522 g/mol. The Bertz CT molecular complexity index is 1580. The van der Waals surface area contributed by atoms with Gasteiger partial charge in [-0.25, -0.2) is 4.68 Å². The molecular weight excluding hydrogens is 488 g/mol. The second kappa shape index (κ2) is 12.5. The summed E-state index contributed by atoms with van der Waals surface area (Å²) in [4.78, 5) is 18.4. The largest absolute Gasteiger partial charge is 0.494 e. The van der Waals surface area contributed by atoms with Crippen LogP contribution in [0, 0.1) is 6.92 Å². The van der Waals surface area contributed by atoms with Gasteiger partial charge in [0.05, 0.1) is 13.2 Å². The highest BCUT2D eigenvalue weighted by molar-refractivity contribution is 5.80. The first-order chi connectivity index (χ1) is 19.1. The summed E-state index contributed by atoms with van der Waals surface area (Å²) >= 11 is 0. The molecule has 5 rings (SSSR count). The molecule has 0 saturated heterocycles. The van der Waals surface area contributed by atoms with Gasteiger partial charge in [-0.3, -0.25) is 9.69 Å². The molecule has 8 nitrogen and oxygen atoms in total. The molecule has 0 unspecified atom stereocenters. The minimum atomic E-state index is -0.0871. The van der Waals surface area contributed by atoms with E-state index in [4.69, 9.17) is 4.74 Å². The van der Waals surface area contributed by atoms with Gasteiger partial charge in [0, 0.05) is 36.1 Å². The van der Waals surface area contributed by atoms with Crippen LogP contribution in [0.25, 0.3) is 10.9 Å². The first-order valence-corrected chi connectivity index (χ1v) is 13.4. The summed E-state index contributed by atoms with van der Waals surface area (Å²) in [5.41, 5.74) is 5.14. The topological polar surface area (TPSA) is 88.9 Å². The zero-order valence-corrected chi connectivity index (χ0v) is 22.5. The number of aromatic nitrogens is 5. The van der Waals surface area contributed by atoms with Gasteiger partial charge in [0.1, 0.15) is 5.75 Å². The van der Waals surface area contributed by atoms with E-state index in [1.54, 1.807) is 0 Å². The highest BCUT2D eigenvalue weighted by Gasteiger charge is 2.16. The fourth-order valence-electron chi connectivity index (χ4n) is 4.80. The van der Waals surface area contributed by atoms with Crippen molar-refractivity contribution in [3.05, 3.63) is 117 Å². The Morgan fingerprint density at radius 3 is 2.59 bits per heavy atom. The van der Waals surface area contributed by atoms with E-state index >= 15 is 0 Å². The van der Waals surface area contributed by atoms with Crippen molar-refractivity contribution in [1.82, 2.24) is 30.1 Å². The third-order valence-corrected chi connectivity index (χ3v) is 6.82. The van der Waals surface area contributed by atoms with E-state index in [0.29, 0.717) is 31.8 Å². The van der Waals surface area contributed by atoms with Crippen LogP contribution in [-0.2, 0) is 32.5 Å². The number of H-pyrrole nitrogens is 1. The molecule has 3 aromatic carbocycles. The molecule has 2 aromatic heterocycles. The minimum absolute atomic E-state index is 0.0871. The number of nitrogens with zero attached hydrogens (tertiary/aromatic N) is 5. The van der Waals surface area contributed by atoms with Crippen molar-refractivity contribution < 1.29 is 4.74 Å². The summed E-state index contributed by atoms with van der Waals surface area (Å²) < 4.78 is 7.54. The standard InChI is InChI=1S/C31H34N6O2/c1-3-39-28-12-13-29-26(20-28)19-27(31(38)32-29)21-36(16-14-25-11-7-8-23(2)18-25)22-30-33-34-35-37(30)17-15-24-9-5-4-6-10-24/h4-13,18-20H,3,14-17,21-22H2,1-2H3,(H,32,38). The van der Waals surface area contributed by atoms with Crippen molar-refractivity contribution in [1.29, 1.82) is 0 Å². The summed E-state index contributed by atoms with van der Waals surface area (Å²) in [5.74, 6) is 1.57. The van der Waals surface area contributed by atoms with Gasteiger partial charge >= 0.3 is 0 Å². The molecular formula is C31H34N6O2. The molecule has 0 fully saturated rings. The number of fused-ring (bicyclic) bond motifs is 1. The van der Waals surface area contributed by atoms with Gasteiger partial charge < -0.3 is 9.72 Å². The lowest BCUT2D eigenvalue weighted by molar-refractivity contribution is 0.247. The van der Waals surface area contributed by atoms with E-state index in [9.17, 15) is 4.79 Å². The lowest BCUT2D eigenvalue weighted by Gasteiger charge is -2.22. The molecule has 0 aliphatic rings. The van der Waals surface area contributed by atoms with E-state index < -0.39 is 0 Å². The Morgan fingerprint density at radius 2 is 1.77 bits per heavy atom. The van der Waals surface area contributed by atoms with Gasteiger partial charge in [-0.2, -0.15) is 0 Å². The van der Waals surface area contributed by atoms with E-state index in [1.165, 1.54) is 16.7 Å². The van der Waals surface area contributed by atoms with E-state index in [1.807, 2.05) is 54.1 Å². The van der Waals surface area contributed by atoms with Crippen LogP contribution in [0.2, 0.25) is 0 Å². The van der Waals surface area contributed by atoms with Gasteiger partial charge in [0.2, 0.25) is 0 Å². The maximum Gasteiger partial charge on any atom is 0.252 e. The summed E-state index contributed by atoms with van der Waals surface area (Å²) in [6.07, 6.45) is 1.70. The molecule has 2 heterocycles. The van der Waals surface area contributed by atoms with Gasteiger partial charge in [-0.15, -0.1) is 5.10 Å². The van der Waals surface area contributed by atoms with Gasteiger partial charge in [-0.05, 0) is 72.5 Å². The second-order valence-electron chi connectivity index (χ2n) is 9.81.